The maximum absolute atomic E-state index is 14.4. The number of nitrogens with zero attached hydrogens (tertiary/aromatic N) is 1. The number of fused-ring (bicyclic) bond motifs is 7. The lowest BCUT2D eigenvalue weighted by atomic mass is 9.35. The molecule has 0 aromatic heterocycles. The summed E-state index contributed by atoms with van der Waals surface area (Å²) < 4.78 is 5.05. The van der Waals surface area contributed by atoms with Gasteiger partial charge in [0.25, 0.3) is 0 Å². The Bertz CT molecular complexity index is 1220. The molecule has 0 aromatic carbocycles. The molecule has 3 fully saturated rings. The quantitative estimate of drug-likeness (QED) is 0.450. The number of Topliss-reactive ketones (excluding diaryl/α,β-unsaturated/α-hetero) is 1. The van der Waals surface area contributed by atoms with Crippen molar-refractivity contribution in [2.75, 3.05) is 7.11 Å². The van der Waals surface area contributed by atoms with E-state index in [-0.39, 0.29) is 51.1 Å². The molecule has 8 atom stereocenters. The molecule has 5 aliphatic carbocycles. The topological polar surface area (TPSA) is 96.3 Å². The highest BCUT2D eigenvalue weighted by Gasteiger charge is 2.70. The standard InChI is InChI=1S/C32H43N2O4/c1-27(2)11-13-32(34-26(37)38-8)14-12-31(7)24(20(32)17-27)21(35)15-23-29(5)16-19(18-33)25(36)28(3,4)22(29)9-10-30(23,31)6/h15-16,20,22,24H,3,9-14,17H2,1-2,4-8H3,(H,34,37)/t20-,22-,24-,28+,29-,30+,31+,32-/m0/s1. The molecule has 5 rings (SSSR count). The van der Waals surface area contributed by atoms with Crippen LogP contribution in [0.4, 0.5) is 4.79 Å². The van der Waals surface area contributed by atoms with E-state index in [0.717, 1.165) is 50.5 Å². The number of allylic oxidation sites excluding steroid dienone is 4. The summed E-state index contributed by atoms with van der Waals surface area (Å²) >= 11 is 0. The number of rotatable bonds is 1. The van der Waals surface area contributed by atoms with Crippen LogP contribution in [0.5, 0.6) is 0 Å². The molecule has 6 nitrogen and oxygen atoms in total. The first kappa shape index (κ1) is 27.2. The number of nitrogens with one attached hydrogen (secondary N) is 1. The van der Waals surface area contributed by atoms with Crippen LogP contribution in [0.2, 0.25) is 0 Å². The third-order valence-corrected chi connectivity index (χ3v) is 12.2. The van der Waals surface area contributed by atoms with Crippen LogP contribution in [0.15, 0.2) is 23.3 Å². The highest BCUT2D eigenvalue weighted by atomic mass is 16.5. The van der Waals surface area contributed by atoms with Gasteiger partial charge in [-0.05, 0) is 86.0 Å². The molecule has 1 radical (unpaired) electrons. The molecule has 0 spiro atoms. The maximum Gasteiger partial charge on any atom is 0.407 e. The second-order valence-electron chi connectivity index (χ2n) is 14.7. The molecule has 0 aromatic rings. The van der Waals surface area contributed by atoms with Gasteiger partial charge in [-0.15, -0.1) is 0 Å². The number of alkyl carbamates (subject to hydrolysis) is 1. The molecule has 0 aliphatic heterocycles. The van der Waals surface area contributed by atoms with Crippen molar-refractivity contribution in [1.82, 2.24) is 5.32 Å². The lowest BCUT2D eigenvalue weighted by Gasteiger charge is -2.69. The average Bonchev–Trinajstić information content (AvgIpc) is 2.83. The summed E-state index contributed by atoms with van der Waals surface area (Å²) in [7, 11) is 1.40. The second-order valence-corrected chi connectivity index (χ2v) is 14.7. The Labute approximate surface area is 227 Å². The van der Waals surface area contributed by atoms with Crippen molar-refractivity contribution in [2.24, 2.45) is 44.8 Å². The zero-order valence-electron chi connectivity index (χ0n) is 24.1. The van der Waals surface area contributed by atoms with E-state index in [0.29, 0.717) is 0 Å². The van der Waals surface area contributed by atoms with Gasteiger partial charge in [-0.25, -0.2) is 4.79 Å². The molecule has 1 N–H and O–H groups in total. The monoisotopic (exact) mass is 519 g/mol. The van der Waals surface area contributed by atoms with Crippen molar-refractivity contribution in [1.29, 1.82) is 5.26 Å². The predicted molar refractivity (Wildman–Crippen MR) is 144 cm³/mol. The van der Waals surface area contributed by atoms with Crippen LogP contribution in [0.3, 0.4) is 0 Å². The fourth-order valence-electron chi connectivity index (χ4n) is 9.94. The molecule has 0 heterocycles. The highest BCUT2D eigenvalue weighted by molar-refractivity contribution is 6.05. The zero-order chi connectivity index (χ0) is 28.1. The van der Waals surface area contributed by atoms with Crippen LogP contribution >= 0.6 is 0 Å². The number of carbonyl (C=O) groups is 3. The molecule has 1 amide bonds. The van der Waals surface area contributed by atoms with Crippen molar-refractivity contribution < 1.29 is 19.1 Å². The maximum atomic E-state index is 14.4. The Kier molecular flexibility index (Phi) is 5.76. The van der Waals surface area contributed by atoms with Gasteiger partial charge in [0, 0.05) is 22.3 Å². The molecule has 0 bridgehead atoms. The molecule has 6 heteroatoms. The van der Waals surface area contributed by atoms with Crippen molar-refractivity contribution >= 4 is 17.7 Å². The smallest absolute Gasteiger partial charge is 0.407 e. The number of methoxy groups -OCH3 is 1. The summed E-state index contributed by atoms with van der Waals surface area (Å²) in [6.45, 7) is 17.4. The van der Waals surface area contributed by atoms with Gasteiger partial charge in [0.15, 0.2) is 11.6 Å². The largest absolute Gasteiger partial charge is 0.453 e. The minimum atomic E-state index is -0.920. The molecule has 0 unspecified atom stereocenters. The first-order valence-electron chi connectivity index (χ1n) is 14.2. The van der Waals surface area contributed by atoms with Crippen molar-refractivity contribution in [3.05, 3.63) is 30.2 Å². The van der Waals surface area contributed by atoms with E-state index >= 15 is 0 Å². The van der Waals surface area contributed by atoms with Crippen LogP contribution < -0.4 is 5.32 Å². The van der Waals surface area contributed by atoms with Crippen molar-refractivity contribution in [3.63, 3.8) is 0 Å². The van der Waals surface area contributed by atoms with Gasteiger partial charge in [-0.1, -0.05) is 53.2 Å². The molecular weight excluding hydrogens is 476 g/mol. The molecule has 38 heavy (non-hydrogen) atoms. The Balaban J connectivity index is 1.68. The van der Waals surface area contributed by atoms with E-state index in [2.05, 4.69) is 52.9 Å². The van der Waals surface area contributed by atoms with Crippen LogP contribution in [-0.4, -0.2) is 30.3 Å². The van der Waals surface area contributed by atoms with E-state index in [9.17, 15) is 19.6 Å². The number of nitriles is 1. The summed E-state index contributed by atoms with van der Waals surface area (Å²) in [6.07, 6.45) is 9.29. The van der Waals surface area contributed by atoms with Gasteiger partial charge < -0.3 is 10.1 Å². The van der Waals surface area contributed by atoms with E-state index < -0.39 is 22.5 Å². The first-order chi connectivity index (χ1) is 17.5. The van der Waals surface area contributed by atoms with Gasteiger partial charge in [0.05, 0.1) is 12.7 Å². The number of hydrogen-bond acceptors (Lipinski definition) is 5. The summed E-state index contributed by atoms with van der Waals surface area (Å²) in [5, 5.41) is 13.1. The van der Waals surface area contributed by atoms with Crippen LogP contribution in [0.25, 0.3) is 0 Å². The number of amides is 1. The number of carbonyl (C=O) groups excluding carboxylic acids is 3. The van der Waals surface area contributed by atoms with Gasteiger partial charge in [-0.3, -0.25) is 9.59 Å². The molecule has 3 saturated carbocycles. The fraction of sp³-hybridized carbons (Fsp3) is 0.719. The number of ether oxygens (including phenoxy) is 1. The van der Waals surface area contributed by atoms with Gasteiger partial charge in [0.1, 0.15) is 6.07 Å². The molecule has 205 valence electrons. The Morgan fingerprint density at radius 2 is 1.74 bits per heavy atom. The van der Waals surface area contributed by atoms with Crippen molar-refractivity contribution in [3.8, 4) is 6.07 Å². The third-order valence-electron chi connectivity index (χ3n) is 12.2. The normalized spacial score (nSPS) is 44.7. The number of hydrogen-bond donors (Lipinski definition) is 1. The SMILES string of the molecule is [CH2][C@]1(C)C(=O)C(C#N)=C[C@]2(C)C3=CC(=O)[C@@H]4[C@@H]5CC(C)(C)CC[C@]5(NC(=O)OC)CC[C@@]4(C)[C@]3(C)CC[C@@H]12. The highest BCUT2D eigenvalue weighted by Crippen LogP contribution is 2.73. The Hall–Kier alpha value is -2.42. The summed E-state index contributed by atoms with van der Waals surface area (Å²) in [4.78, 5) is 40.1. The van der Waals surface area contributed by atoms with Crippen LogP contribution in [0, 0.1) is 63.1 Å². The van der Waals surface area contributed by atoms with Crippen molar-refractivity contribution in [2.45, 2.75) is 92.0 Å². The van der Waals surface area contributed by atoms with E-state index in [1.54, 1.807) is 0 Å². The minimum absolute atomic E-state index is 0.00741. The summed E-state index contributed by atoms with van der Waals surface area (Å²) in [6, 6.07) is 2.13. The molecular formula is C32H43N2O4. The zero-order valence-corrected chi connectivity index (χ0v) is 24.1. The summed E-state index contributed by atoms with van der Waals surface area (Å²) in [5.74, 6) is -0.372. The second kappa shape index (κ2) is 8.05. The third kappa shape index (κ3) is 3.32. The fourth-order valence-corrected chi connectivity index (χ4v) is 9.94. The Morgan fingerprint density at radius 3 is 2.37 bits per heavy atom. The van der Waals surface area contributed by atoms with Crippen LogP contribution in [0.1, 0.15) is 86.5 Å². The van der Waals surface area contributed by atoms with Crippen LogP contribution in [-0.2, 0) is 14.3 Å². The summed E-state index contributed by atoms with van der Waals surface area (Å²) in [5.41, 5.74) is -1.29. The molecule has 0 saturated heterocycles. The number of ketones is 2. The lowest BCUT2D eigenvalue weighted by molar-refractivity contribution is -0.160. The average molecular weight is 520 g/mol. The lowest BCUT2D eigenvalue weighted by Crippen LogP contribution is -2.69. The van der Waals surface area contributed by atoms with Gasteiger partial charge >= 0.3 is 6.09 Å². The van der Waals surface area contributed by atoms with Gasteiger partial charge in [0.2, 0.25) is 0 Å². The van der Waals surface area contributed by atoms with Gasteiger partial charge in [-0.2, -0.15) is 5.26 Å². The van der Waals surface area contributed by atoms with E-state index in [1.165, 1.54) is 7.11 Å². The predicted octanol–water partition coefficient (Wildman–Crippen LogP) is 6.13. The van der Waals surface area contributed by atoms with E-state index in [4.69, 9.17) is 4.74 Å². The minimum Gasteiger partial charge on any atom is -0.453 e. The first-order valence-corrected chi connectivity index (χ1v) is 14.2. The Morgan fingerprint density at radius 1 is 1.08 bits per heavy atom. The molecule has 5 aliphatic rings. The van der Waals surface area contributed by atoms with E-state index in [1.807, 2.05) is 19.1 Å².